The zero-order valence-corrected chi connectivity index (χ0v) is 11.9. The van der Waals surface area contributed by atoms with Crippen molar-refractivity contribution in [1.29, 1.82) is 0 Å². The zero-order valence-electron chi connectivity index (χ0n) is 11.9. The molecule has 0 amide bonds. The second-order valence-corrected chi connectivity index (χ2v) is 4.39. The number of esters is 1. The van der Waals surface area contributed by atoms with E-state index in [0.29, 0.717) is 11.0 Å². The average Bonchev–Trinajstić information content (AvgIpc) is 2.39. The number of hydrogen-bond acceptors (Lipinski definition) is 4. The van der Waals surface area contributed by atoms with E-state index in [9.17, 15) is 9.59 Å². The predicted molar refractivity (Wildman–Crippen MR) is 74.6 cm³/mol. The van der Waals surface area contributed by atoms with E-state index in [0.717, 1.165) is 18.4 Å². The summed E-state index contributed by atoms with van der Waals surface area (Å²) >= 11 is 0. The van der Waals surface area contributed by atoms with E-state index in [1.54, 1.807) is 6.07 Å². The first kappa shape index (κ1) is 15.2. The number of hydrogen-bond donors (Lipinski definition) is 0. The minimum Gasteiger partial charge on any atom is -0.463 e. The lowest BCUT2D eigenvalue weighted by Crippen LogP contribution is -2.09. The molecule has 0 radical (unpaired) electrons. The maximum absolute atomic E-state index is 10.9. The van der Waals surface area contributed by atoms with Crippen LogP contribution in [0.5, 0.6) is 0 Å². The smallest absolute Gasteiger partial charge is 0.343 e. The minimum absolute atomic E-state index is 0.0764. The number of benzene rings is 1. The SMILES string of the molecule is CCC(C)OC(C)=O.CCc1cc2ccc1oc2=O. The van der Waals surface area contributed by atoms with Gasteiger partial charge in [-0.1, -0.05) is 13.8 Å². The van der Waals surface area contributed by atoms with Crippen LogP contribution in [-0.4, -0.2) is 12.1 Å². The lowest BCUT2D eigenvalue weighted by atomic mass is 10.1. The Morgan fingerprint density at radius 1 is 1.37 bits per heavy atom. The highest BCUT2D eigenvalue weighted by atomic mass is 16.5. The Morgan fingerprint density at radius 2 is 2.05 bits per heavy atom. The standard InChI is InChI=1S/C9H8O2.C6H12O2/c1-2-6-5-7-3-4-8(6)11-9(7)10;1-4-5(2)8-6(3)7/h3-5H,2H2,1H3;5H,4H2,1-3H3. The highest BCUT2D eigenvalue weighted by molar-refractivity contribution is 5.66. The molecule has 3 aromatic rings. The van der Waals surface area contributed by atoms with Gasteiger partial charge in [-0.25, -0.2) is 4.79 Å². The lowest BCUT2D eigenvalue weighted by molar-refractivity contribution is -0.145. The largest absolute Gasteiger partial charge is 0.463 e. The summed E-state index contributed by atoms with van der Waals surface area (Å²) in [5, 5.41) is 0.664. The fourth-order valence-corrected chi connectivity index (χ4v) is 1.61. The van der Waals surface area contributed by atoms with Crippen LogP contribution < -0.4 is 5.63 Å². The van der Waals surface area contributed by atoms with Crippen molar-refractivity contribution >= 4 is 16.9 Å². The highest BCUT2D eigenvalue weighted by Gasteiger charge is 2.04. The Labute approximate surface area is 112 Å². The topological polar surface area (TPSA) is 56.5 Å². The summed E-state index contributed by atoms with van der Waals surface area (Å²) in [6.07, 6.45) is 1.88. The Kier molecular flexibility index (Phi) is 5.55. The third kappa shape index (κ3) is 4.39. The van der Waals surface area contributed by atoms with Crippen molar-refractivity contribution in [1.82, 2.24) is 0 Å². The molecule has 0 N–H and O–H groups in total. The molecule has 1 aromatic carbocycles. The Balaban J connectivity index is 0.000000203. The predicted octanol–water partition coefficient (Wildman–Crippen LogP) is 3.14. The molecule has 19 heavy (non-hydrogen) atoms. The number of rotatable bonds is 3. The van der Waals surface area contributed by atoms with Crippen LogP contribution >= 0.6 is 0 Å². The van der Waals surface area contributed by atoms with Gasteiger partial charge < -0.3 is 9.15 Å². The van der Waals surface area contributed by atoms with Gasteiger partial charge in [0.2, 0.25) is 0 Å². The molecule has 2 aromatic heterocycles. The van der Waals surface area contributed by atoms with E-state index in [1.165, 1.54) is 6.92 Å². The summed E-state index contributed by atoms with van der Waals surface area (Å²) in [6, 6.07) is 5.52. The van der Waals surface area contributed by atoms with Gasteiger partial charge in [-0.3, -0.25) is 4.79 Å². The van der Waals surface area contributed by atoms with Gasteiger partial charge in [0.05, 0.1) is 11.5 Å². The second kappa shape index (κ2) is 6.92. The van der Waals surface area contributed by atoms with Crippen molar-refractivity contribution in [3.8, 4) is 0 Å². The van der Waals surface area contributed by atoms with Gasteiger partial charge in [0.25, 0.3) is 0 Å². The van der Waals surface area contributed by atoms with Gasteiger partial charge in [-0.2, -0.15) is 0 Å². The molecule has 1 unspecified atom stereocenters. The number of ether oxygens (including phenoxy) is 1. The number of carbonyl (C=O) groups excluding carboxylic acids is 1. The van der Waals surface area contributed by atoms with Crippen molar-refractivity contribution in [2.75, 3.05) is 0 Å². The molecule has 0 fully saturated rings. The Bertz CT molecular complexity index is 570. The van der Waals surface area contributed by atoms with Crippen LogP contribution in [0.1, 0.15) is 39.7 Å². The van der Waals surface area contributed by atoms with E-state index in [-0.39, 0.29) is 17.7 Å². The van der Waals surface area contributed by atoms with E-state index < -0.39 is 0 Å². The molecule has 0 saturated carbocycles. The van der Waals surface area contributed by atoms with Gasteiger partial charge in [0, 0.05) is 6.92 Å². The summed E-state index contributed by atoms with van der Waals surface area (Å²) in [4.78, 5) is 21.1. The molecular formula is C15H20O4. The molecule has 104 valence electrons. The van der Waals surface area contributed by atoms with Gasteiger partial charge in [-0.15, -0.1) is 0 Å². The van der Waals surface area contributed by atoms with Crippen molar-refractivity contribution in [2.24, 2.45) is 0 Å². The summed E-state index contributed by atoms with van der Waals surface area (Å²) in [7, 11) is 0. The molecule has 1 atom stereocenters. The van der Waals surface area contributed by atoms with Gasteiger partial charge in [0.15, 0.2) is 0 Å². The van der Waals surface area contributed by atoms with Crippen LogP contribution in [0.25, 0.3) is 11.0 Å². The molecule has 4 nitrogen and oxygen atoms in total. The molecule has 0 saturated heterocycles. The molecule has 0 aliphatic carbocycles. The van der Waals surface area contributed by atoms with Crippen molar-refractivity contribution < 1.29 is 13.9 Å². The highest BCUT2D eigenvalue weighted by Crippen LogP contribution is 2.14. The molecule has 4 heteroatoms. The summed E-state index contributed by atoms with van der Waals surface area (Å²) in [6.45, 7) is 7.32. The van der Waals surface area contributed by atoms with E-state index in [2.05, 4.69) is 0 Å². The van der Waals surface area contributed by atoms with E-state index >= 15 is 0 Å². The van der Waals surface area contributed by atoms with E-state index in [1.807, 2.05) is 32.9 Å². The minimum atomic E-state index is -0.222. The first-order valence-corrected chi connectivity index (χ1v) is 6.50. The Hall–Kier alpha value is -1.84. The molecule has 0 spiro atoms. The van der Waals surface area contributed by atoms with Crippen molar-refractivity contribution in [3.63, 3.8) is 0 Å². The number of carbonyl (C=O) groups is 1. The second-order valence-electron chi connectivity index (χ2n) is 4.39. The third-order valence-electron chi connectivity index (χ3n) is 2.82. The van der Waals surface area contributed by atoms with Crippen LogP contribution in [0.3, 0.4) is 0 Å². The normalized spacial score (nSPS) is 11.8. The third-order valence-corrected chi connectivity index (χ3v) is 2.82. The molecular weight excluding hydrogens is 244 g/mol. The van der Waals surface area contributed by atoms with Crippen LogP contribution in [0, 0.1) is 0 Å². The fraction of sp³-hybridized carbons (Fsp3) is 0.467. The first-order chi connectivity index (χ1) is 8.97. The van der Waals surface area contributed by atoms with Crippen LogP contribution in [0.2, 0.25) is 0 Å². The quantitative estimate of drug-likeness (QED) is 0.799. The maximum atomic E-state index is 10.9. The monoisotopic (exact) mass is 264 g/mol. The van der Waals surface area contributed by atoms with Crippen LogP contribution in [0.15, 0.2) is 27.4 Å². The van der Waals surface area contributed by atoms with Crippen molar-refractivity contribution in [3.05, 3.63) is 34.2 Å². The molecule has 2 bridgehead atoms. The summed E-state index contributed by atoms with van der Waals surface area (Å²) < 4.78 is 9.73. The fourth-order valence-electron chi connectivity index (χ4n) is 1.61. The van der Waals surface area contributed by atoms with Crippen molar-refractivity contribution in [2.45, 2.75) is 46.6 Å². The zero-order chi connectivity index (χ0) is 14.4. The van der Waals surface area contributed by atoms with Gasteiger partial charge in [-0.05, 0) is 43.5 Å². The Morgan fingerprint density at radius 3 is 2.37 bits per heavy atom. The van der Waals surface area contributed by atoms with Gasteiger partial charge in [0.1, 0.15) is 5.58 Å². The molecule has 2 heterocycles. The average molecular weight is 264 g/mol. The lowest BCUT2D eigenvalue weighted by Gasteiger charge is -2.06. The van der Waals surface area contributed by atoms with Gasteiger partial charge >= 0.3 is 11.6 Å². The van der Waals surface area contributed by atoms with Crippen LogP contribution in [-0.2, 0) is 16.0 Å². The van der Waals surface area contributed by atoms with Crippen LogP contribution in [0.4, 0.5) is 0 Å². The summed E-state index contributed by atoms with van der Waals surface area (Å²) in [5.74, 6) is -0.195. The first-order valence-electron chi connectivity index (χ1n) is 6.50. The number of fused-ring (bicyclic) bond motifs is 3. The molecule has 0 aliphatic rings. The number of aryl methyl sites for hydroxylation is 1. The molecule has 3 rings (SSSR count). The summed E-state index contributed by atoms with van der Waals surface area (Å²) in [5.41, 5.74) is 1.61. The van der Waals surface area contributed by atoms with E-state index in [4.69, 9.17) is 9.15 Å². The maximum Gasteiger partial charge on any atom is 0.343 e. The molecule has 0 aliphatic heterocycles.